The normalized spacial score (nSPS) is 15.9. The zero-order valence-electron chi connectivity index (χ0n) is 17.7. The van der Waals surface area contributed by atoms with Crippen LogP contribution in [0.25, 0.3) is 0 Å². The first-order valence-electron chi connectivity index (χ1n) is 10.1. The Hall–Kier alpha value is -2.99. The van der Waals surface area contributed by atoms with Crippen molar-refractivity contribution in [3.05, 3.63) is 59.9 Å². The molecule has 0 unspecified atom stereocenters. The maximum absolute atomic E-state index is 13.2. The number of sulfonamides is 1. The average Bonchev–Trinajstić information content (AvgIpc) is 2.78. The van der Waals surface area contributed by atoms with Gasteiger partial charge in [-0.3, -0.25) is 14.6 Å². The summed E-state index contributed by atoms with van der Waals surface area (Å²) in [5.41, 5.74) is -0.680. The first-order chi connectivity index (χ1) is 15.5. The third-order valence-corrected chi connectivity index (χ3v) is 6.79. The topological polar surface area (TPSA) is 99.7 Å². The van der Waals surface area contributed by atoms with Gasteiger partial charge in [-0.1, -0.05) is 18.2 Å². The van der Waals surface area contributed by atoms with E-state index in [1.54, 1.807) is 29.3 Å². The van der Waals surface area contributed by atoms with E-state index >= 15 is 0 Å². The Bertz CT molecular complexity index is 1100. The lowest BCUT2D eigenvalue weighted by molar-refractivity contribution is -0.140. The van der Waals surface area contributed by atoms with Crippen LogP contribution in [0.1, 0.15) is 18.2 Å². The molecule has 1 fully saturated rings. The molecule has 33 heavy (non-hydrogen) atoms. The van der Waals surface area contributed by atoms with Gasteiger partial charge in [-0.2, -0.15) is 17.9 Å². The summed E-state index contributed by atoms with van der Waals surface area (Å²) < 4.78 is 66.8. The van der Waals surface area contributed by atoms with Crippen molar-refractivity contribution in [1.82, 2.24) is 19.5 Å². The molecule has 2 heterocycles. The van der Waals surface area contributed by atoms with Crippen molar-refractivity contribution in [2.24, 2.45) is 0 Å². The predicted octanol–water partition coefficient (Wildman–Crippen LogP) is 1.68. The monoisotopic (exact) mass is 484 g/mol. The molecule has 0 spiro atoms. The lowest BCUT2D eigenvalue weighted by Crippen LogP contribution is -2.55. The summed E-state index contributed by atoms with van der Waals surface area (Å²) in [6.45, 7) is 2.15. The molecule has 1 N–H and O–H groups in total. The number of carbonyl (C=O) groups excluding carboxylic acids is 2. The highest BCUT2D eigenvalue weighted by molar-refractivity contribution is 7.89. The number of hydrogen-bond acceptors (Lipinski definition) is 5. The predicted molar refractivity (Wildman–Crippen MR) is 112 cm³/mol. The van der Waals surface area contributed by atoms with Gasteiger partial charge in [0.2, 0.25) is 21.8 Å². The van der Waals surface area contributed by atoms with Gasteiger partial charge in [-0.15, -0.1) is 0 Å². The van der Waals surface area contributed by atoms with Crippen LogP contribution < -0.4 is 4.72 Å². The van der Waals surface area contributed by atoms with E-state index in [-0.39, 0.29) is 38.5 Å². The van der Waals surface area contributed by atoms with Gasteiger partial charge in [0.05, 0.1) is 22.9 Å². The van der Waals surface area contributed by atoms with E-state index in [4.69, 9.17) is 0 Å². The van der Waals surface area contributed by atoms with E-state index in [1.807, 2.05) is 4.72 Å². The molecule has 0 bridgehead atoms. The molecule has 0 radical (unpaired) electrons. The molecule has 3 rings (SSSR count). The van der Waals surface area contributed by atoms with Gasteiger partial charge in [-0.05, 0) is 31.2 Å². The van der Waals surface area contributed by atoms with Crippen molar-refractivity contribution in [2.75, 3.05) is 26.2 Å². The van der Waals surface area contributed by atoms with Crippen LogP contribution in [0.4, 0.5) is 13.2 Å². The second-order valence-electron chi connectivity index (χ2n) is 7.54. The minimum absolute atomic E-state index is 0.129. The number of amides is 2. The first kappa shape index (κ1) is 24.6. The smallest absolute Gasteiger partial charge is 0.339 e. The molecule has 12 heteroatoms. The number of pyridine rings is 1. The van der Waals surface area contributed by atoms with Crippen LogP contribution in [0.2, 0.25) is 0 Å². The highest BCUT2D eigenvalue weighted by atomic mass is 32.2. The van der Waals surface area contributed by atoms with Crippen LogP contribution in [-0.2, 0) is 32.2 Å². The van der Waals surface area contributed by atoms with Crippen molar-refractivity contribution >= 4 is 21.8 Å². The number of rotatable bonds is 6. The fourth-order valence-electron chi connectivity index (χ4n) is 3.50. The minimum atomic E-state index is -4.86. The molecule has 0 aliphatic carbocycles. The Labute approximate surface area is 189 Å². The van der Waals surface area contributed by atoms with Crippen molar-refractivity contribution in [3.63, 3.8) is 0 Å². The molecule has 2 aromatic rings. The lowest BCUT2D eigenvalue weighted by Gasteiger charge is -2.36. The van der Waals surface area contributed by atoms with E-state index in [1.165, 1.54) is 17.9 Å². The molecule has 0 saturated carbocycles. The third kappa shape index (κ3) is 6.08. The summed E-state index contributed by atoms with van der Waals surface area (Å²) in [6.07, 6.45) is -3.14. The van der Waals surface area contributed by atoms with Crippen LogP contribution >= 0.6 is 0 Å². The van der Waals surface area contributed by atoms with E-state index in [9.17, 15) is 31.2 Å². The quantitative estimate of drug-likeness (QED) is 0.673. The number of benzene rings is 1. The maximum atomic E-state index is 13.2. The van der Waals surface area contributed by atoms with Gasteiger partial charge in [0, 0.05) is 38.1 Å². The fraction of sp³-hybridized carbons (Fsp3) is 0.381. The van der Waals surface area contributed by atoms with Gasteiger partial charge in [0.25, 0.3) is 0 Å². The van der Waals surface area contributed by atoms with E-state index in [0.29, 0.717) is 11.8 Å². The molecular formula is C21H23F3N4O4S. The largest absolute Gasteiger partial charge is 0.417 e. The molecule has 8 nitrogen and oxygen atoms in total. The Balaban J connectivity index is 1.60. The molecule has 1 aliphatic rings. The summed E-state index contributed by atoms with van der Waals surface area (Å²) in [5.74, 6) is -0.724. The van der Waals surface area contributed by atoms with E-state index < -0.39 is 38.6 Å². The Kier molecular flexibility index (Phi) is 7.38. The van der Waals surface area contributed by atoms with Gasteiger partial charge in [0.15, 0.2) is 0 Å². The van der Waals surface area contributed by atoms with Crippen LogP contribution in [0.15, 0.2) is 53.6 Å². The van der Waals surface area contributed by atoms with Crippen molar-refractivity contribution in [1.29, 1.82) is 0 Å². The Morgan fingerprint density at radius 1 is 1.03 bits per heavy atom. The molecule has 1 saturated heterocycles. The number of aromatic nitrogens is 1. The number of halogens is 3. The number of hydrogen-bond donors (Lipinski definition) is 1. The van der Waals surface area contributed by atoms with Crippen molar-refractivity contribution in [2.45, 2.75) is 30.5 Å². The van der Waals surface area contributed by atoms with Crippen LogP contribution in [0, 0.1) is 0 Å². The zero-order valence-corrected chi connectivity index (χ0v) is 18.6. The van der Waals surface area contributed by atoms with E-state index in [2.05, 4.69) is 4.98 Å². The van der Waals surface area contributed by atoms with E-state index in [0.717, 1.165) is 12.1 Å². The molecule has 2 amide bonds. The van der Waals surface area contributed by atoms with Crippen LogP contribution in [-0.4, -0.2) is 67.2 Å². The molecule has 1 aliphatic heterocycles. The number of alkyl halides is 3. The molecule has 1 atom stereocenters. The van der Waals surface area contributed by atoms with Crippen molar-refractivity contribution < 1.29 is 31.2 Å². The first-order valence-corrected chi connectivity index (χ1v) is 11.6. The van der Waals surface area contributed by atoms with Gasteiger partial charge in [0.1, 0.15) is 0 Å². The second kappa shape index (κ2) is 9.87. The highest BCUT2D eigenvalue weighted by Gasteiger charge is 2.38. The third-order valence-electron chi connectivity index (χ3n) is 5.19. The minimum Gasteiger partial charge on any atom is -0.339 e. The second-order valence-corrected chi connectivity index (χ2v) is 9.22. The van der Waals surface area contributed by atoms with Gasteiger partial charge < -0.3 is 9.80 Å². The zero-order chi connectivity index (χ0) is 24.2. The van der Waals surface area contributed by atoms with Crippen LogP contribution in [0.3, 0.4) is 0 Å². The molecular weight excluding hydrogens is 461 g/mol. The van der Waals surface area contributed by atoms with Gasteiger partial charge in [-0.25, -0.2) is 8.42 Å². The summed E-state index contributed by atoms with van der Waals surface area (Å²) in [4.78, 5) is 31.3. The average molecular weight is 485 g/mol. The highest BCUT2D eigenvalue weighted by Crippen LogP contribution is 2.33. The van der Waals surface area contributed by atoms with Gasteiger partial charge >= 0.3 is 6.18 Å². The summed E-state index contributed by atoms with van der Waals surface area (Å²) in [6, 6.07) is 7.76. The fourth-order valence-corrected chi connectivity index (χ4v) is 4.93. The number of piperazine rings is 1. The molecule has 178 valence electrons. The lowest BCUT2D eigenvalue weighted by atomic mass is 10.2. The molecule has 1 aromatic carbocycles. The summed E-state index contributed by atoms with van der Waals surface area (Å²) in [7, 11) is -4.60. The number of carbonyl (C=O) groups is 2. The molecule has 1 aromatic heterocycles. The Morgan fingerprint density at radius 2 is 1.64 bits per heavy atom. The van der Waals surface area contributed by atoms with Crippen LogP contribution in [0.5, 0.6) is 0 Å². The Morgan fingerprint density at radius 3 is 2.24 bits per heavy atom. The summed E-state index contributed by atoms with van der Waals surface area (Å²) >= 11 is 0. The summed E-state index contributed by atoms with van der Waals surface area (Å²) in [5, 5.41) is 0. The SMILES string of the molecule is C[C@H](NS(=O)(=O)c1ccccc1C(F)(F)F)C(=O)N1CCN(C(=O)Cc2ccccn2)CC1. The number of nitrogens with zero attached hydrogens (tertiary/aromatic N) is 3. The number of nitrogens with one attached hydrogen (secondary N) is 1. The standard InChI is InChI=1S/C21H23F3N4O4S/c1-15(26-33(31,32)18-8-3-2-7-17(18)21(22,23)24)20(30)28-12-10-27(11-13-28)19(29)14-16-6-4-5-9-25-16/h2-9,15,26H,10-14H2,1H3/t15-/m0/s1. The van der Waals surface area contributed by atoms with Crippen molar-refractivity contribution in [3.8, 4) is 0 Å². The maximum Gasteiger partial charge on any atom is 0.417 e.